The topological polar surface area (TPSA) is 66.0 Å². The number of hydrogen-bond donors (Lipinski definition) is 3. The number of para-hydroxylation sites is 1. The third-order valence-electron chi connectivity index (χ3n) is 3.74. The monoisotopic (exact) mass is 366 g/mol. The fourth-order valence-corrected chi connectivity index (χ4v) is 2.93. The minimum absolute atomic E-state index is 0.323. The number of amides is 2. The second kappa shape index (κ2) is 7.89. The lowest BCUT2D eigenvalue weighted by atomic mass is 10.1. The molecule has 3 N–H and O–H groups in total. The standard InChI is InChI=1S/C20H19ClN4O/c1-13-10-14(2)19(17(21)11-13)25-18-9-8-16(12-22-18)24-20(26)23-15-6-4-3-5-7-15/h3-12H,1-2H3,(H,22,25)(H2,23,24,26). The molecular formula is C20H19ClN4O. The minimum Gasteiger partial charge on any atom is -0.339 e. The van der Waals surface area contributed by atoms with E-state index in [-0.39, 0.29) is 6.03 Å². The molecule has 3 rings (SSSR count). The smallest absolute Gasteiger partial charge is 0.323 e. The Morgan fingerprint density at radius 3 is 2.35 bits per heavy atom. The summed E-state index contributed by atoms with van der Waals surface area (Å²) in [7, 11) is 0. The van der Waals surface area contributed by atoms with Gasteiger partial charge in [-0.05, 0) is 55.3 Å². The average Bonchev–Trinajstić information content (AvgIpc) is 2.60. The van der Waals surface area contributed by atoms with Crippen LogP contribution in [0, 0.1) is 13.8 Å². The quantitative estimate of drug-likeness (QED) is 0.551. The fourth-order valence-electron chi connectivity index (χ4n) is 2.56. The number of aromatic nitrogens is 1. The van der Waals surface area contributed by atoms with Gasteiger partial charge in [-0.25, -0.2) is 9.78 Å². The molecule has 26 heavy (non-hydrogen) atoms. The van der Waals surface area contributed by atoms with Crippen LogP contribution in [-0.4, -0.2) is 11.0 Å². The fraction of sp³-hybridized carbons (Fsp3) is 0.100. The Hall–Kier alpha value is -3.05. The number of halogens is 1. The van der Waals surface area contributed by atoms with Crippen molar-refractivity contribution in [1.82, 2.24) is 4.98 Å². The molecule has 0 aliphatic heterocycles. The molecule has 0 spiro atoms. The Kier molecular flexibility index (Phi) is 5.39. The normalized spacial score (nSPS) is 10.3. The summed E-state index contributed by atoms with van der Waals surface area (Å²) in [5.41, 5.74) is 4.29. The molecule has 0 bridgehead atoms. The van der Waals surface area contributed by atoms with Gasteiger partial charge in [0, 0.05) is 5.69 Å². The van der Waals surface area contributed by atoms with Crippen molar-refractivity contribution >= 4 is 40.5 Å². The van der Waals surface area contributed by atoms with Gasteiger partial charge >= 0.3 is 6.03 Å². The van der Waals surface area contributed by atoms with Crippen molar-refractivity contribution in [2.45, 2.75) is 13.8 Å². The van der Waals surface area contributed by atoms with Crippen LogP contribution in [0.25, 0.3) is 0 Å². The van der Waals surface area contributed by atoms with Crippen molar-refractivity contribution in [3.8, 4) is 0 Å². The number of nitrogens with one attached hydrogen (secondary N) is 3. The number of aryl methyl sites for hydroxylation is 2. The van der Waals surface area contributed by atoms with E-state index in [0.717, 1.165) is 22.5 Å². The van der Waals surface area contributed by atoms with E-state index in [1.54, 1.807) is 18.3 Å². The van der Waals surface area contributed by atoms with Gasteiger partial charge in [0.05, 0.1) is 22.6 Å². The summed E-state index contributed by atoms with van der Waals surface area (Å²) in [6.45, 7) is 3.99. The molecule has 0 aliphatic carbocycles. The van der Waals surface area contributed by atoms with Crippen molar-refractivity contribution in [2.24, 2.45) is 0 Å². The molecule has 6 heteroatoms. The number of rotatable bonds is 4. The van der Waals surface area contributed by atoms with Crippen LogP contribution in [0.15, 0.2) is 60.8 Å². The highest BCUT2D eigenvalue weighted by Gasteiger charge is 2.07. The van der Waals surface area contributed by atoms with E-state index in [0.29, 0.717) is 16.5 Å². The van der Waals surface area contributed by atoms with E-state index in [1.165, 1.54) is 0 Å². The van der Waals surface area contributed by atoms with Gasteiger partial charge in [0.1, 0.15) is 5.82 Å². The van der Waals surface area contributed by atoms with Crippen molar-refractivity contribution in [2.75, 3.05) is 16.0 Å². The summed E-state index contributed by atoms with van der Waals surface area (Å²) < 4.78 is 0. The van der Waals surface area contributed by atoms with Crippen molar-refractivity contribution in [3.63, 3.8) is 0 Å². The second-order valence-electron chi connectivity index (χ2n) is 5.94. The molecule has 2 aromatic carbocycles. The molecule has 0 aliphatic rings. The Labute approximate surface area is 157 Å². The summed E-state index contributed by atoms with van der Waals surface area (Å²) in [4.78, 5) is 16.3. The number of carbonyl (C=O) groups is 1. The van der Waals surface area contributed by atoms with Crippen molar-refractivity contribution < 1.29 is 4.79 Å². The first kappa shape index (κ1) is 17.8. The van der Waals surface area contributed by atoms with E-state index in [1.807, 2.05) is 50.2 Å². The van der Waals surface area contributed by atoms with E-state index in [4.69, 9.17) is 11.6 Å². The summed E-state index contributed by atoms with van der Waals surface area (Å²) >= 11 is 6.31. The highest BCUT2D eigenvalue weighted by molar-refractivity contribution is 6.33. The average molecular weight is 367 g/mol. The maximum Gasteiger partial charge on any atom is 0.323 e. The highest BCUT2D eigenvalue weighted by Crippen LogP contribution is 2.29. The molecule has 5 nitrogen and oxygen atoms in total. The second-order valence-corrected chi connectivity index (χ2v) is 6.35. The summed E-state index contributed by atoms with van der Waals surface area (Å²) in [6.07, 6.45) is 1.59. The van der Waals surface area contributed by atoms with Crippen LogP contribution in [0.3, 0.4) is 0 Å². The molecule has 132 valence electrons. The largest absolute Gasteiger partial charge is 0.339 e. The maximum absolute atomic E-state index is 12.0. The van der Waals surface area contributed by atoms with Gasteiger partial charge in [-0.15, -0.1) is 0 Å². The lowest BCUT2D eigenvalue weighted by Crippen LogP contribution is -2.19. The summed E-state index contributed by atoms with van der Waals surface area (Å²) in [6, 6.07) is 16.4. The summed E-state index contributed by atoms with van der Waals surface area (Å²) in [5, 5.41) is 9.36. The van der Waals surface area contributed by atoms with Crippen LogP contribution >= 0.6 is 11.6 Å². The van der Waals surface area contributed by atoms with Gasteiger partial charge in [-0.3, -0.25) is 0 Å². The predicted molar refractivity (Wildman–Crippen MR) is 108 cm³/mol. The molecule has 0 saturated heterocycles. The number of carbonyl (C=O) groups excluding carboxylic acids is 1. The van der Waals surface area contributed by atoms with E-state index in [2.05, 4.69) is 27.0 Å². The Balaban J connectivity index is 1.64. The molecule has 1 heterocycles. The van der Waals surface area contributed by atoms with Crippen LogP contribution in [0.2, 0.25) is 5.02 Å². The van der Waals surface area contributed by atoms with Crippen LogP contribution < -0.4 is 16.0 Å². The number of hydrogen-bond acceptors (Lipinski definition) is 3. The third-order valence-corrected chi connectivity index (χ3v) is 4.04. The van der Waals surface area contributed by atoms with Crippen molar-refractivity contribution in [3.05, 3.63) is 76.9 Å². The van der Waals surface area contributed by atoms with Crippen LogP contribution in [0.4, 0.5) is 27.7 Å². The van der Waals surface area contributed by atoms with E-state index >= 15 is 0 Å². The van der Waals surface area contributed by atoms with Gasteiger partial charge in [-0.1, -0.05) is 35.9 Å². The third kappa shape index (κ3) is 4.52. The number of nitrogens with zero attached hydrogens (tertiary/aromatic N) is 1. The molecule has 0 atom stereocenters. The molecule has 0 saturated carbocycles. The highest BCUT2D eigenvalue weighted by atomic mass is 35.5. The molecule has 3 aromatic rings. The number of pyridine rings is 1. The van der Waals surface area contributed by atoms with Gasteiger partial charge in [-0.2, -0.15) is 0 Å². The maximum atomic E-state index is 12.0. The predicted octanol–water partition coefficient (Wildman–Crippen LogP) is 5.74. The minimum atomic E-state index is -0.323. The number of benzene rings is 2. The number of urea groups is 1. The lowest BCUT2D eigenvalue weighted by Gasteiger charge is -2.12. The molecule has 1 aromatic heterocycles. The first-order valence-corrected chi connectivity index (χ1v) is 8.52. The van der Waals surface area contributed by atoms with Crippen LogP contribution in [0.5, 0.6) is 0 Å². The Morgan fingerprint density at radius 1 is 0.962 bits per heavy atom. The van der Waals surface area contributed by atoms with Gasteiger partial charge in [0.2, 0.25) is 0 Å². The number of anilines is 4. The first-order chi connectivity index (χ1) is 12.5. The van der Waals surface area contributed by atoms with Crippen molar-refractivity contribution in [1.29, 1.82) is 0 Å². The molecule has 0 unspecified atom stereocenters. The van der Waals surface area contributed by atoms with Crippen LogP contribution in [-0.2, 0) is 0 Å². The zero-order valence-corrected chi connectivity index (χ0v) is 15.3. The van der Waals surface area contributed by atoms with Gasteiger partial charge < -0.3 is 16.0 Å². The zero-order chi connectivity index (χ0) is 18.5. The molecular weight excluding hydrogens is 348 g/mol. The molecule has 0 radical (unpaired) electrons. The summed E-state index contributed by atoms with van der Waals surface area (Å²) in [5.74, 6) is 0.646. The lowest BCUT2D eigenvalue weighted by molar-refractivity contribution is 0.262. The first-order valence-electron chi connectivity index (χ1n) is 8.14. The molecule has 2 amide bonds. The Morgan fingerprint density at radius 2 is 1.69 bits per heavy atom. The zero-order valence-electron chi connectivity index (χ0n) is 14.5. The van der Waals surface area contributed by atoms with Gasteiger partial charge in [0.25, 0.3) is 0 Å². The molecule has 0 fully saturated rings. The SMILES string of the molecule is Cc1cc(C)c(Nc2ccc(NC(=O)Nc3ccccc3)cn2)c(Cl)c1. The van der Waals surface area contributed by atoms with E-state index in [9.17, 15) is 4.79 Å². The van der Waals surface area contributed by atoms with Crippen LogP contribution in [0.1, 0.15) is 11.1 Å². The Bertz CT molecular complexity index is 888. The van der Waals surface area contributed by atoms with E-state index < -0.39 is 0 Å². The van der Waals surface area contributed by atoms with Gasteiger partial charge in [0.15, 0.2) is 0 Å².